The van der Waals surface area contributed by atoms with Crippen molar-refractivity contribution in [3.8, 4) is 0 Å². The number of nitrogens with one attached hydrogen (secondary N) is 1. The molecule has 2 rings (SSSR count). The number of pyridine rings is 1. The molecule has 1 aromatic heterocycles. The van der Waals surface area contributed by atoms with E-state index in [4.69, 9.17) is 10.5 Å². The third-order valence-electron chi connectivity index (χ3n) is 5.25. The summed E-state index contributed by atoms with van der Waals surface area (Å²) < 4.78 is 7.97. The topological polar surface area (TPSA) is 97.5 Å². The Morgan fingerprint density at radius 1 is 1.31 bits per heavy atom. The summed E-state index contributed by atoms with van der Waals surface area (Å²) in [7, 11) is 0. The lowest BCUT2D eigenvalue weighted by Gasteiger charge is -2.33. The van der Waals surface area contributed by atoms with Crippen molar-refractivity contribution < 1.29 is 14.6 Å². The second-order valence-electron chi connectivity index (χ2n) is 7.75. The highest BCUT2D eigenvalue weighted by atomic mass is 32.2. The minimum atomic E-state index is -0.788. The van der Waals surface area contributed by atoms with E-state index in [2.05, 4.69) is 29.6 Å². The van der Waals surface area contributed by atoms with E-state index in [9.17, 15) is 9.90 Å². The van der Waals surface area contributed by atoms with Crippen molar-refractivity contribution in [2.75, 3.05) is 19.8 Å². The molecule has 4 N–H and O–H groups in total. The van der Waals surface area contributed by atoms with Gasteiger partial charge in [-0.25, -0.2) is 0 Å². The summed E-state index contributed by atoms with van der Waals surface area (Å²) in [4.78, 5) is 15.7. The number of aryl methyl sites for hydroxylation is 1. The number of hydrogen-bond donors (Lipinski definition) is 3. The highest BCUT2D eigenvalue weighted by molar-refractivity contribution is 7.99. The number of carbonyl (C=O) groups excluding carboxylic acids is 1. The van der Waals surface area contributed by atoms with Crippen LogP contribution in [-0.2, 0) is 21.6 Å². The lowest BCUT2D eigenvalue weighted by atomic mass is 9.98. The van der Waals surface area contributed by atoms with Gasteiger partial charge in [0.25, 0.3) is 0 Å². The molecule has 1 amide bonds. The summed E-state index contributed by atoms with van der Waals surface area (Å²) in [5.41, 5.74) is 6.67. The fraction of sp³-hybridized carbons (Fsp3) is 0.727. The van der Waals surface area contributed by atoms with Crippen LogP contribution >= 0.6 is 11.9 Å². The van der Waals surface area contributed by atoms with E-state index in [1.165, 1.54) is 30.4 Å². The summed E-state index contributed by atoms with van der Waals surface area (Å²) in [6, 6.07) is 4.01. The average molecular weight is 426 g/mol. The van der Waals surface area contributed by atoms with Crippen LogP contribution in [-0.4, -0.2) is 40.5 Å². The predicted molar refractivity (Wildman–Crippen MR) is 121 cm³/mol. The van der Waals surface area contributed by atoms with Gasteiger partial charge in [-0.3, -0.25) is 14.5 Å². The van der Waals surface area contributed by atoms with E-state index in [0.29, 0.717) is 32.5 Å². The molecule has 0 aliphatic carbocycles. The van der Waals surface area contributed by atoms with Gasteiger partial charge in [0.2, 0.25) is 5.91 Å². The van der Waals surface area contributed by atoms with Crippen LogP contribution < -0.4 is 10.5 Å². The van der Waals surface area contributed by atoms with Crippen molar-refractivity contribution in [1.29, 1.82) is 0 Å². The van der Waals surface area contributed by atoms with Crippen LogP contribution in [0.3, 0.4) is 0 Å². The van der Waals surface area contributed by atoms with Crippen molar-refractivity contribution in [3.63, 3.8) is 0 Å². The molecule has 6 nitrogen and oxygen atoms in total. The standard InChI is InChI=1S/C13H21NO.C9H18N2O2S/c1-4-6-7-11-8-9-12(14-10-11)13(3,15)5-2;1-2-5-11-14-9(8(10)12)3-6-13-7-4-9/h8-10,15H,4-7H2,1-3H3;11H,2-7H2,1H3,(H2,10,12). The molecule has 29 heavy (non-hydrogen) atoms. The van der Waals surface area contributed by atoms with Crippen LogP contribution in [0.5, 0.6) is 0 Å². The minimum absolute atomic E-state index is 0.227. The molecule has 166 valence electrons. The van der Waals surface area contributed by atoms with Gasteiger partial charge in [0.1, 0.15) is 10.3 Å². The largest absolute Gasteiger partial charge is 0.384 e. The van der Waals surface area contributed by atoms with Crippen molar-refractivity contribution in [1.82, 2.24) is 9.71 Å². The third-order valence-corrected chi connectivity index (χ3v) is 6.60. The zero-order chi connectivity index (χ0) is 21.8. The number of unbranched alkanes of at least 4 members (excludes halogenated alkanes) is 1. The average Bonchev–Trinajstić information content (AvgIpc) is 2.74. The van der Waals surface area contributed by atoms with Gasteiger partial charge >= 0.3 is 0 Å². The highest BCUT2D eigenvalue weighted by Gasteiger charge is 2.39. The summed E-state index contributed by atoms with van der Waals surface area (Å²) in [6.07, 6.45) is 8.53. The smallest absolute Gasteiger partial charge is 0.235 e. The molecule has 7 heteroatoms. The van der Waals surface area contributed by atoms with Gasteiger partial charge in [0.05, 0.1) is 5.69 Å². The maximum Gasteiger partial charge on any atom is 0.235 e. The number of nitrogens with two attached hydrogens (primary N) is 1. The molecule has 1 aliphatic heterocycles. The van der Waals surface area contributed by atoms with Crippen LogP contribution in [0.4, 0.5) is 0 Å². The lowest BCUT2D eigenvalue weighted by Crippen LogP contribution is -2.47. The minimum Gasteiger partial charge on any atom is -0.384 e. The molecule has 0 spiro atoms. The maximum atomic E-state index is 11.4. The second kappa shape index (κ2) is 13.2. The molecule has 1 fully saturated rings. The van der Waals surface area contributed by atoms with Crippen LogP contribution in [0.25, 0.3) is 0 Å². The molecule has 1 aliphatic rings. The van der Waals surface area contributed by atoms with Gasteiger partial charge < -0.3 is 15.6 Å². The number of primary amides is 1. The fourth-order valence-electron chi connectivity index (χ4n) is 2.84. The Morgan fingerprint density at radius 3 is 2.48 bits per heavy atom. The quantitative estimate of drug-likeness (QED) is 0.390. The molecule has 1 atom stereocenters. The lowest BCUT2D eigenvalue weighted by molar-refractivity contribution is -0.122. The summed E-state index contributed by atoms with van der Waals surface area (Å²) in [5, 5.41) is 10.00. The number of rotatable bonds is 10. The summed E-state index contributed by atoms with van der Waals surface area (Å²) in [6.45, 7) is 10.2. The molecule has 0 aromatic carbocycles. The van der Waals surface area contributed by atoms with Crippen molar-refractivity contribution in [2.24, 2.45) is 5.73 Å². The predicted octanol–water partition coefficient (Wildman–Crippen LogP) is 3.71. The molecule has 0 radical (unpaired) electrons. The van der Waals surface area contributed by atoms with Gasteiger partial charge in [-0.1, -0.05) is 45.2 Å². The monoisotopic (exact) mass is 425 g/mol. The molecule has 2 heterocycles. The third kappa shape index (κ3) is 8.62. The second-order valence-corrected chi connectivity index (χ2v) is 9.02. The van der Waals surface area contributed by atoms with E-state index in [0.717, 1.165) is 25.1 Å². The van der Waals surface area contributed by atoms with E-state index >= 15 is 0 Å². The number of aromatic nitrogens is 1. The van der Waals surface area contributed by atoms with Gasteiger partial charge in [-0.15, -0.1) is 0 Å². The number of carbonyl (C=O) groups is 1. The fourth-order valence-corrected chi connectivity index (χ4v) is 3.90. The van der Waals surface area contributed by atoms with Crippen LogP contribution in [0.2, 0.25) is 0 Å². The van der Waals surface area contributed by atoms with Crippen molar-refractivity contribution in [2.45, 2.75) is 83.0 Å². The number of amides is 1. The number of aliphatic hydroxyl groups is 1. The molecule has 1 saturated heterocycles. The van der Waals surface area contributed by atoms with Crippen molar-refractivity contribution in [3.05, 3.63) is 29.6 Å². The molecule has 0 bridgehead atoms. The Morgan fingerprint density at radius 2 is 2.00 bits per heavy atom. The molecule has 1 aromatic rings. The Hall–Kier alpha value is -1.15. The van der Waals surface area contributed by atoms with Crippen LogP contribution in [0.15, 0.2) is 18.3 Å². The zero-order valence-electron chi connectivity index (χ0n) is 18.5. The Kier molecular flexibility index (Phi) is 11.8. The molecule has 1 unspecified atom stereocenters. The zero-order valence-corrected chi connectivity index (χ0v) is 19.3. The van der Waals surface area contributed by atoms with E-state index < -0.39 is 10.3 Å². The van der Waals surface area contributed by atoms with Crippen molar-refractivity contribution >= 4 is 17.9 Å². The normalized spacial score (nSPS) is 17.7. The van der Waals surface area contributed by atoms with Gasteiger partial charge in [-0.05, 0) is 57.1 Å². The number of ether oxygens (including phenoxy) is 1. The molecule has 0 saturated carbocycles. The van der Waals surface area contributed by atoms with Gasteiger partial charge in [0, 0.05) is 26.0 Å². The first-order chi connectivity index (χ1) is 13.8. The summed E-state index contributed by atoms with van der Waals surface area (Å²) >= 11 is 1.47. The van der Waals surface area contributed by atoms with E-state index in [1.807, 2.05) is 19.2 Å². The number of nitrogens with zero attached hydrogens (tertiary/aromatic N) is 1. The van der Waals surface area contributed by atoms with E-state index in [-0.39, 0.29) is 5.91 Å². The van der Waals surface area contributed by atoms with Crippen LogP contribution in [0, 0.1) is 0 Å². The first-order valence-electron chi connectivity index (χ1n) is 10.8. The van der Waals surface area contributed by atoms with Crippen LogP contribution in [0.1, 0.15) is 77.5 Å². The Bertz CT molecular complexity index is 587. The number of hydrogen-bond acceptors (Lipinski definition) is 6. The van der Waals surface area contributed by atoms with Gasteiger partial charge in [-0.2, -0.15) is 0 Å². The molecular weight excluding hydrogens is 386 g/mol. The molecular formula is C22H39N3O3S. The van der Waals surface area contributed by atoms with Gasteiger partial charge in [0.15, 0.2) is 0 Å². The first kappa shape index (κ1) is 25.9. The Balaban J connectivity index is 0.000000291. The highest BCUT2D eigenvalue weighted by Crippen LogP contribution is 2.33. The first-order valence-corrected chi connectivity index (χ1v) is 11.6. The Labute approximate surface area is 180 Å². The van der Waals surface area contributed by atoms with E-state index in [1.54, 1.807) is 6.92 Å². The maximum absolute atomic E-state index is 11.4. The SMILES string of the molecule is CCCCc1ccc(C(C)(O)CC)nc1.CCCNSC1(C(N)=O)CCOCC1. The summed E-state index contributed by atoms with van der Waals surface area (Å²) in [5.74, 6) is -0.227.